The van der Waals surface area contributed by atoms with Crippen LogP contribution in [0.15, 0.2) is 11.6 Å². The highest BCUT2D eigenvalue weighted by Crippen LogP contribution is 2.23. The van der Waals surface area contributed by atoms with Gasteiger partial charge in [-0.2, -0.15) is 0 Å². The molecular formula is C12H23N. The molecular weight excluding hydrogens is 158 g/mol. The maximum Gasteiger partial charge on any atom is 0.0164 e. The summed E-state index contributed by atoms with van der Waals surface area (Å²) < 4.78 is 0. The molecule has 1 nitrogen and oxygen atoms in total. The van der Waals surface area contributed by atoms with Crippen LogP contribution >= 0.6 is 0 Å². The standard InChI is InChI=1S/C12H23N/c1-4-10(2)9-13-12-7-5-11(3)6-8-12/h4,11-13H,5-9H2,1-3H3/b10-4+. The van der Waals surface area contributed by atoms with Crippen molar-refractivity contribution >= 4 is 0 Å². The van der Waals surface area contributed by atoms with E-state index in [2.05, 4.69) is 32.2 Å². The van der Waals surface area contributed by atoms with Crippen molar-refractivity contribution in [3.05, 3.63) is 11.6 Å². The normalized spacial score (nSPS) is 30.5. The third-order valence-electron chi connectivity index (χ3n) is 3.18. The number of hydrogen-bond donors (Lipinski definition) is 1. The van der Waals surface area contributed by atoms with Crippen LogP contribution in [0.5, 0.6) is 0 Å². The van der Waals surface area contributed by atoms with Gasteiger partial charge in [0.05, 0.1) is 0 Å². The SMILES string of the molecule is C/C=C(\C)CNC1CCC(C)CC1. The van der Waals surface area contributed by atoms with E-state index in [4.69, 9.17) is 0 Å². The molecule has 1 heteroatoms. The molecule has 13 heavy (non-hydrogen) atoms. The summed E-state index contributed by atoms with van der Waals surface area (Å²) >= 11 is 0. The zero-order valence-electron chi connectivity index (χ0n) is 9.27. The molecule has 76 valence electrons. The monoisotopic (exact) mass is 181 g/mol. The molecule has 0 aliphatic heterocycles. The summed E-state index contributed by atoms with van der Waals surface area (Å²) in [6, 6.07) is 0.783. The third-order valence-corrected chi connectivity index (χ3v) is 3.18. The van der Waals surface area contributed by atoms with Crippen molar-refractivity contribution in [1.29, 1.82) is 0 Å². The van der Waals surface area contributed by atoms with Crippen molar-refractivity contribution in [2.45, 2.75) is 52.5 Å². The van der Waals surface area contributed by atoms with Gasteiger partial charge < -0.3 is 5.32 Å². The molecule has 1 rings (SSSR count). The Balaban J connectivity index is 2.16. The van der Waals surface area contributed by atoms with Gasteiger partial charge in [-0.15, -0.1) is 0 Å². The summed E-state index contributed by atoms with van der Waals surface area (Å²) in [5, 5.41) is 3.62. The van der Waals surface area contributed by atoms with Crippen LogP contribution in [0.25, 0.3) is 0 Å². The second-order valence-corrected chi connectivity index (χ2v) is 4.47. The van der Waals surface area contributed by atoms with Gasteiger partial charge in [0, 0.05) is 12.6 Å². The van der Waals surface area contributed by atoms with E-state index in [1.165, 1.54) is 31.3 Å². The maximum absolute atomic E-state index is 3.62. The molecule has 0 atom stereocenters. The first-order valence-corrected chi connectivity index (χ1v) is 5.57. The molecule has 0 amide bonds. The van der Waals surface area contributed by atoms with Crippen molar-refractivity contribution in [3.8, 4) is 0 Å². The molecule has 0 aromatic carbocycles. The van der Waals surface area contributed by atoms with Crippen LogP contribution in [-0.4, -0.2) is 12.6 Å². The first kappa shape index (κ1) is 10.8. The lowest BCUT2D eigenvalue weighted by molar-refractivity contribution is 0.313. The van der Waals surface area contributed by atoms with Gasteiger partial charge in [0.25, 0.3) is 0 Å². The summed E-state index contributed by atoms with van der Waals surface area (Å²) in [4.78, 5) is 0. The molecule has 1 aliphatic rings. The minimum Gasteiger partial charge on any atom is -0.310 e. The molecule has 1 saturated carbocycles. The zero-order chi connectivity index (χ0) is 9.68. The predicted molar refractivity (Wildman–Crippen MR) is 58.9 cm³/mol. The lowest BCUT2D eigenvalue weighted by Gasteiger charge is -2.27. The highest BCUT2D eigenvalue weighted by Gasteiger charge is 2.16. The smallest absolute Gasteiger partial charge is 0.0164 e. The fourth-order valence-electron chi connectivity index (χ4n) is 1.87. The quantitative estimate of drug-likeness (QED) is 0.660. The summed E-state index contributed by atoms with van der Waals surface area (Å²) in [6.45, 7) is 7.75. The van der Waals surface area contributed by atoms with Crippen LogP contribution < -0.4 is 5.32 Å². The second-order valence-electron chi connectivity index (χ2n) is 4.47. The van der Waals surface area contributed by atoms with E-state index < -0.39 is 0 Å². The summed E-state index contributed by atoms with van der Waals surface area (Å²) in [5.74, 6) is 0.959. The zero-order valence-corrected chi connectivity index (χ0v) is 9.27. The minimum atomic E-state index is 0.783. The number of allylic oxidation sites excluding steroid dienone is 1. The summed E-state index contributed by atoms with van der Waals surface area (Å²) in [7, 11) is 0. The fraction of sp³-hybridized carbons (Fsp3) is 0.833. The summed E-state index contributed by atoms with van der Waals surface area (Å²) in [5.41, 5.74) is 1.46. The Hall–Kier alpha value is -0.300. The molecule has 0 bridgehead atoms. The van der Waals surface area contributed by atoms with Crippen LogP contribution in [0.2, 0.25) is 0 Å². The number of hydrogen-bond acceptors (Lipinski definition) is 1. The van der Waals surface area contributed by atoms with Crippen molar-refractivity contribution in [1.82, 2.24) is 5.32 Å². The van der Waals surface area contributed by atoms with Crippen molar-refractivity contribution in [2.75, 3.05) is 6.54 Å². The van der Waals surface area contributed by atoms with Gasteiger partial charge >= 0.3 is 0 Å². The largest absolute Gasteiger partial charge is 0.310 e. The first-order chi connectivity index (χ1) is 6.22. The van der Waals surface area contributed by atoms with Gasteiger partial charge in [0.1, 0.15) is 0 Å². The van der Waals surface area contributed by atoms with E-state index >= 15 is 0 Å². The average molecular weight is 181 g/mol. The molecule has 1 N–H and O–H groups in total. The van der Waals surface area contributed by atoms with E-state index in [-0.39, 0.29) is 0 Å². The average Bonchev–Trinajstić information content (AvgIpc) is 2.16. The molecule has 0 heterocycles. The Labute approximate surface area is 82.6 Å². The van der Waals surface area contributed by atoms with Crippen LogP contribution in [0.3, 0.4) is 0 Å². The molecule has 1 fully saturated rings. The lowest BCUT2D eigenvalue weighted by Crippen LogP contribution is -2.33. The molecule has 0 unspecified atom stereocenters. The van der Waals surface area contributed by atoms with Crippen molar-refractivity contribution < 1.29 is 0 Å². The highest BCUT2D eigenvalue weighted by atomic mass is 14.9. The van der Waals surface area contributed by atoms with E-state index in [0.717, 1.165) is 18.5 Å². The van der Waals surface area contributed by atoms with Gasteiger partial charge in [-0.1, -0.05) is 18.6 Å². The van der Waals surface area contributed by atoms with Crippen LogP contribution in [0.4, 0.5) is 0 Å². The van der Waals surface area contributed by atoms with Crippen LogP contribution in [0, 0.1) is 5.92 Å². The van der Waals surface area contributed by atoms with E-state index in [9.17, 15) is 0 Å². The van der Waals surface area contributed by atoms with Gasteiger partial charge in [0.15, 0.2) is 0 Å². The van der Waals surface area contributed by atoms with Crippen molar-refractivity contribution in [2.24, 2.45) is 5.92 Å². The van der Waals surface area contributed by atoms with E-state index in [1.54, 1.807) is 0 Å². The second kappa shape index (κ2) is 5.43. The predicted octanol–water partition coefficient (Wildman–Crippen LogP) is 3.12. The molecule has 1 aliphatic carbocycles. The van der Waals surface area contributed by atoms with E-state index in [1.807, 2.05) is 0 Å². The van der Waals surface area contributed by atoms with Gasteiger partial charge in [-0.25, -0.2) is 0 Å². The molecule has 0 aromatic rings. The lowest BCUT2D eigenvalue weighted by atomic mass is 9.87. The molecule has 0 saturated heterocycles. The van der Waals surface area contributed by atoms with Crippen molar-refractivity contribution in [3.63, 3.8) is 0 Å². The molecule has 0 radical (unpaired) electrons. The topological polar surface area (TPSA) is 12.0 Å². The van der Waals surface area contributed by atoms with Crippen LogP contribution in [-0.2, 0) is 0 Å². The Kier molecular flexibility index (Phi) is 4.51. The third kappa shape index (κ3) is 3.95. The Morgan fingerprint density at radius 1 is 1.31 bits per heavy atom. The van der Waals surface area contributed by atoms with Gasteiger partial charge in [-0.3, -0.25) is 0 Å². The minimum absolute atomic E-state index is 0.783. The summed E-state index contributed by atoms with van der Waals surface area (Å²) in [6.07, 6.45) is 7.76. The maximum atomic E-state index is 3.62. The Morgan fingerprint density at radius 2 is 1.92 bits per heavy atom. The van der Waals surface area contributed by atoms with E-state index in [0.29, 0.717) is 0 Å². The van der Waals surface area contributed by atoms with Crippen LogP contribution in [0.1, 0.15) is 46.5 Å². The fourth-order valence-corrected chi connectivity index (χ4v) is 1.87. The number of nitrogens with one attached hydrogen (secondary N) is 1. The molecule has 0 spiro atoms. The first-order valence-electron chi connectivity index (χ1n) is 5.57. The van der Waals surface area contributed by atoms with Gasteiger partial charge in [-0.05, 0) is 45.4 Å². The number of rotatable bonds is 3. The molecule has 0 aromatic heterocycles. The Bertz CT molecular complexity index is 164. The van der Waals surface area contributed by atoms with Gasteiger partial charge in [0.2, 0.25) is 0 Å². The highest BCUT2D eigenvalue weighted by molar-refractivity contribution is 4.98. The Morgan fingerprint density at radius 3 is 2.46 bits per heavy atom.